The van der Waals surface area contributed by atoms with E-state index in [4.69, 9.17) is 4.42 Å². The standard InChI is InChI=1S/C27H28N2O3/c1-5-6-10-20(2)19-27(3,18-9-12-22-15-17-25(32-22)29(30)31)26-23-13-8-7-11-21(23)14-16-24(26)28-4/h5-17,28H,1-2,18-19H2,3-4H3/b10-6-,12-9+. The van der Waals surface area contributed by atoms with Gasteiger partial charge >= 0.3 is 5.88 Å². The average Bonchev–Trinajstić information content (AvgIpc) is 3.26. The van der Waals surface area contributed by atoms with E-state index in [9.17, 15) is 10.1 Å². The Labute approximate surface area is 188 Å². The van der Waals surface area contributed by atoms with Crippen LogP contribution in [0.5, 0.6) is 0 Å². The van der Waals surface area contributed by atoms with Gasteiger partial charge in [-0.15, -0.1) is 0 Å². The monoisotopic (exact) mass is 428 g/mol. The van der Waals surface area contributed by atoms with Gasteiger partial charge in [-0.3, -0.25) is 10.1 Å². The zero-order chi connectivity index (χ0) is 23.1. The van der Waals surface area contributed by atoms with Gasteiger partial charge in [-0.05, 0) is 47.4 Å². The maximum atomic E-state index is 10.9. The lowest BCUT2D eigenvalue weighted by molar-refractivity contribution is -0.402. The van der Waals surface area contributed by atoms with Gasteiger partial charge in [-0.25, -0.2) is 0 Å². The molecule has 3 aromatic rings. The van der Waals surface area contributed by atoms with Gasteiger partial charge in [0, 0.05) is 18.2 Å². The van der Waals surface area contributed by atoms with Crippen LogP contribution in [0.15, 0.2) is 96.0 Å². The molecule has 1 heterocycles. The van der Waals surface area contributed by atoms with Crippen LogP contribution in [-0.2, 0) is 5.41 Å². The fraction of sp³-hybridized carbons (Fsp3) is 0.185. The Morgan fingerprint density at radius 2 is 2.00 bits per heavy atom. The Morgan fingerprint density at radius 3 is 2.69 bits per heavy atom. The molecule has 0 spiro atoms. The van der Waals surface area contributed by atoms with E-state index in [1.807, 2.05) is 31.3 Å². The summed E-state index contributed by atoms with van der Waals surface area (Å²) in [5, 5.41) is 16.6. The number of fused-ring (bicyclic) bond motifs is 1. The van der Waals surface area contributed by atoms with Crippen LogP contribution in [0.2, 0.25) is 0 Å². The summed E-state index contributed by atoms with van der Waals surface area (Å²) < 4.78 is 5.28. The van der Waals surface area contributed by atoms with E-state index in [1.54, 1.807) is 18.2 Å². The molecule has 1 N–H and O–H groups in total. The van der Waals surface area contributed by atoms with Gasteiger partial charge in [-0.1, -0.05) is 80.3 Å². The maximum Gasteiger partial charge on any atom is 0.433 e. The first-order chi connectivity index (χ1) is 15.4. The Kier molecular flexibility index (Phi) is 7.11. The highest BCUT2D eigenvalue weighted by molar-refractivity contribution is 5.91. The minimum atomic E-state index is -0.535. The molecular formula is C27H28N2O3. The van der Waals surface area contributed by atoms with Crippen LogP contribution in [0.3, 0.4) is 0 Å². The summed E-state index contributed by atoms with van der Waals surface area (Å²) in [6.45, 7) is 10.2. The molecule has 0 aliphatic rings. The van der Waals surface area contributed by atoms with E-state index in [1.165, 1.54) is 22.4 Å². The van der Waals surface area contributed by atoms with Gasteiger partial charge in [-0.2, -0.15) is 0 Å². The number of nitrogens with one attached hydrogen (secondary N) is 1. The van der Waals surface area contributed by atoms with E-state index >= 15 is 0 Å². The summed E-state index contributed by atoms with van der Waals surface area (Å²) in [5.74, 6) is 0.193. The van der Waals surface area contributed by atoms with E-state index in [0.29, 0.717) is 12.2 Å². The second kappa shape index (κ2) is 9.96. The quantitative estimate of drug-likeness (QED) is 0.207. The van der Waals surface area contributed by atoms with Crippen molar-refractivity contribution in [3.8, 4) is 0 Å². The molecule has 0 bridgehead atoms. The number of furan rings is 1. The van der Waals surface area contributed by atoms with Crippen molar-refractivity contribution in [3.05, 3.63) is 113 Å². The third-order valence-electron chi connectivity index (χ3n) is 5.53. The first kappa shape index (κ1) is 22.8. The third-order valence-corrected chi connectivity index (χ3v) is 5.53. The average molecular weight is 429 g/mol. The van der Waals surface area contributed by atoms with Crippen molar-refractivity contribution in [3.63, 3.8) is 0 Å². The van der Waals surface area contributed by atoms with Crippen molar-refractivity contribution in [1.82, 2.24) is 0 Å². The van der Waals surface area contributed by atoms with Gasteiger partial charge in [0.25, 0.3) is 0 Å². The topological polar surface area (TPSA) is 68.3 Å². The SMILES string of the molecule is C=C/C=C\C(=C)CC(C)(C/C=C/c1ccc([N+](=O)[O-])o1)c1c(NC)ccc2ccccc12. The Bertz CT molecular complexity index is 1200. The van der Waals surface area contributed by atoms with Crippen LogP contribution < -0.4 is 5.32 Å². The number of rotatable bonds is 10. The molecule has 164 valence electrons. The highest BCUT2D eigenvalue weighted by atomic mass is 16.6. The summed E-state index contributed by atoms with van der Waals surface area (Å²) >= 11 is 0. The lowest BCUT2D eigenvalue weighted by atomic mass is 9.72. The fourth-order valence-corrected chi connectivity index (χ4v) is 4.12. The van der Waals surface area contributed by atoms with Gasteiger partial charge < -0.3 is 9.73 Å². The molecule has 0 fully saturated rings. The zero-order valence-electron chi connectivity index (χ0n) is 18.5. The molecule has 0 radical (unpaired) electrons. The molecule has 0 saturated heterocycles. The second-order valence-corrected chi connectivity index (χ2v) is 7.99. The zero-order valence-corrected chi connectivity index (χ0v) is 18.5. The molecule has 3 rings (SSSR count). The summed E-state index contributed by atoms with van der Waals surface area (Å²) in [5.41, 5.74) is 2.97. The molecule has 1 atom stereocenters. The van der Waals surface area contributed by atoms with Gasteiger partial charge in [0.2, 0.25) is 0 Å². The number of hydrogen-bond donors (Lipinski definition) is 1. The molecule has 0 aliphatic carbocycles. The molecule has 1 aromatic heterocycles. The Hall–Kier alpha value is -3.86. The van der Waals surface area contributed by atoms with Crippen molar-refractivity contribution in [1.29, 1.82) is 0 Å². The lowest BCUT2D eigenvalue weighted by Crippen LogP contribution is -2.24. The van der Waals surface area contributed by atoms with Crippen molar-refractivity contribution < 1.29 is 9.34 Å². The molecule has 0 aliphatic heterocycles. The highest BCUT2D eigenvalue weighted by Gasteiger charge is 2.30. The van der Waals surface area contributed by atoms with Crippen LogP contribution in [0.4, 0.5) is 11.6 Å². The fourth-order valence-electron chi connectivity index (χ4n) is 4.12. The molecule has 1 unspecified atom stereocenters. The van der Waals surface area contributed by atoms with Crippen LogP contribution >= 0.6 is 0 Å². The van der Waals surface area contributed by atoms with Gasteiger partial charge in [0.1, 0.15) is 10.7 Å². The van der Waals surface area contributed by atoms with Gasteiger partial charge in [0.15, 0.2) is 0 Å². The summed E-state index contributed by atoms with van der Waals surface area (Å²) in [6, 6.07) is 15.6. The third kappa shape index (κ3) is 5.06. The van der Waals surface area contributed by atoms with E-state index < -0.39 is 4.92 Å². The molecule has 5 heteroatoms. The summed E-state index contributed by atoms with van der Waals surface area (Å²) in [6.07, 6.45) is 10.8. The number of nitro groups is 1. The number of anilines is 1. The molecule has 2 aromatic carbocycles. The predicted octanol–water partition coefficient (Wildman–Crippen LogP) is 7.43. The van der Waals surface area contributed by atoms with E-state index in [2.05, 4.69) is 55.7 Å². The van der Waals surface area contributed by atoms with Gasteiger partial charge in [0.05, 0.1) is 6.07 Å². The number of allylic oxidation sites excluding steroid dienone is 5. The van der Waals surface area contributed by atoms with Crippen LogP contribution in [0.1, 0.15) is 31.1 Å². The summed E-state index contributed by atoms with van der Waals surface area (Å²) in [7, 11) is 1.93. The molecule has 0 saturated carbocycles. The molecule has 0 amide bonds. The summed E-state index contributed by atoms with van der Waals surface area (Å²) in [4.78, 5) is 10.4. The Balaban J connectivity index is 2.05. The lowest BCUT2D eigenvalue weighted by Gasteiger charge is -2.33. The molecule has 32 heavy (non-hydrogen) atoms. The van der Waals surface area contributed by atoms with Crippen molar-refractivity contribution >= 4 is 28.4 Å². The normalized spacial score (nSPS) is 13.4. The highest BCUT2D eigenvalue weighted by Crippen LogP contribution is 2.43. The van der Waals surface area contributed by atoms with Crippen LogP contribution in [-0.4, -0.2) is 12.0 Å². The smallest absolute Gasteiger partial charge is 0.401 e. The van der Waals surface area contributed by atoms with Crippen LogP contribution in [0, 0.1) is 10.1 Å². The first-order valence-electron chi connectivity index (χ1n) is 10.5. The molecular weight excluding hydrogens is 400 g/mol. The minimum absolute atomic E-state index is 0.262. The predicted molar refractivity (Wildman–Crippen MR) is 133 cm³/mol. The van der Waals surface area contributed by atoms with Crippen LogP contribution in [0.25, 0.3) is 16.8 Å². The number of hydrogen-bond acceptors (Lipinski definition) is 4. The first-order valence-corrected chi connectivity index (χ1v) is 10.5. The van der Waals surface area contributed by atoms with E-state index in [0.717, 1.165) is 17.7 Å². The van der Waals surface area contributed by atoms with E-state index in [-0.39, 0.29) is 11.3 Å². The van der Waals surface area contributed by atoms with Crippen molar-refractivity contribution in [2.24, 2.45) is 0 Å². The minimum Gasteiger partial charge on any atom is -0.401 e. The molecule has 5 nitrogen and oxygen atoms in total. The largest absolute Gasteiger partial charge is 0.433 e. The second-order valence-electron chi connectivity index (χ2n) is 7.99. The van der Waals surface area contributed by atoms with Crippen molar-refractivity contribution in [2.75, 3.05) is 12.4 Å². The van der Waals surface area contributed by atoms with Crippen molar-refractivity contribution in [2.45, 2.75) is 25.2 Å². The Morgan fingerprint density at radius 1 is 1.22 bits per heavy atom. The maximum absolute atomic E-state index is 10.9. The number of benzene rings is 2. The number of nitrogens with zero attached hydrogens (tertiary/aromatic N) is 1.